The van der Waals surface area contributed by atoms with E-state index in [1.165, 1.54) is 16.7 Å². The average Bonchev–Trinajstić information content (AvgIpc) is 3.31. The summed E-state index contributed by atoms with van der Waals surface area (Å²) in [5.74, 6) is -1.23. The number of carbonyl (C=O) groups excluding carboxylic acids is 2. The van der Waals surface area contributed by atoms with Crippen LogP contribution in [0, 0.1) is 5.92 Å². The summed E-state index contributed by atoms with van der Waals surface area (Å²) in [6.45, 7) is 3.13. The van der Waals surface area contributed by atoms with Crippen LogP contribution >= 0.6 is 11.3 Å². The molecule has 2 fully saturated rings. The molecule has 3 heterocycles. The first-order valence-electron chi connectivity index (χ1n) is 8.54. The molecule has 3 amide bonds. The number of amides is 3. The number of hydrogen-bond acceptors (Lipinski definition) is 5. The molecule has 0 aromatic carbocycles. The summed E-state index contributed by atoms with van der Waals surface area (Å²) in [6, 6.07) is 0.0975. The Hall–Kier alpha value is -2.16. The van der Waals surface area contributed by atoms with Crippen molar-refractivity contribution < 1.29 is 19.5 Å². The molecule has 1 aromatic heterocycles. The maximum Gasteiger partial charge on any atom is 0.355 e. The zero-order chi connectivity index (χ0) is 17.8. The topological polar surface area (TPSA) is 103 Å². The van der Waals surface area contributed by atoms with E-state index in [9.17, 15) is 14.4 Å². The van der Waals surface area contributed by atoms with Crippen LogP contribution in [0.1, 0.15) is 41.2 Å². The molecular formula is C16H22N4O4S. The fraction of sp³-hybridized carbons (Fsp3) is 0.625. The van der Waals surface area contributed by atoms with E-state index in [1.54, 1.807) is 0 Å². The van der Waals surface area contributed by atoms with Crippen molar-refractivity contribution in [3.05, 3.63) is 16.1 Å². The maximum atomic E-state index is 12.3. The van der Waals surface area contributed by atoms with E-state index in [0.29, 0.717) is 30.9 Å². The number of aromatic carboxylic acids is 1. The van der Waals surface area contributed by atoms with E-state index in [0.717, 1.165) is 25.9 Å². The number of nitrogens with zero attached hydrogens (tertiary/aromatic N) is 3. The highest BCUT2D eigenvalue weighted by molar-refractivity contribution is 7.09. The van der Waals surface area contributed by atoms with Crippen LogP contribution in [0.25, 0.3) is 0 Å². The standard InChI is InChI=1S/C16H22N4O4S/c21-14(17-9-13-18-12(10-25-13)15(22)23)11-3-7-20(8-4-11)16(24)19-5-1-2-6-19/h10-11H,1-9H2,(H,17,21)(H,22,23). The summed E-state index contributed by atoms with van der Waals surface area (Å²) in [4.78, 5) is 43.1. The second kappa shape index (κ2) is 7.81. The van der Waals surface area contributed by atoms with E-state index in [2.05, 4.69) is 10.3 Å². The van der Waals surface area contributed by atoms with Gasteiger partial charge in [-0.05, 0) is 25.7 Å². The monoisotopic (exact) mass is 366 g/mol. The Kier molecular flexibility index (Phi) is 5.52. The van der Waals surface area contributed by atoms with Crippen molar-refractivity contribution in [1.29, 1.82) is 0 Å². The summed E-state index contributed by atoms with van der Waals surface area (Å²) in [6.07, 6.45) is 3.46. The van der Waals surface area contributed by atoms with Gasteiger partial charge >= 0.3 is 12.0 Å². The number of likely N-dealkylation sites (tertiary alicyclic amines) is 2. The fourth-order valence-corrected chi connectivity index (χ4v) is 3.95. The number of nitrogens with one attached hydrogen (secondary N) is 1. The Morgan fingerprint density at radius 2 is 1.80 bits per heavy atom. The number of urea groups is 1. The Morgan fingerprint density at radius 3 is 2.40 bits per heavy atom. The van der Waals surface area contributed by atoms with Gasteiger partial charge in [0.15, 0.2) is 5.69 Å². The summed E-state index contributed by atoms with van der Waals surface area (Å²) >= 11 is 1.22. The number of carbonyl (C=O) groups is 3. The smallest absolute Gasteiger partial charge is 0.355 e. The molecule has 9 heteroatoms. The van der Waals surface area contributed by atoms with Gasteiger partial charge in [0.1, 0.15) is 5.01 Å². The molecule has 0 atom stereocenters. The Bertz CT molecular complexity index is 648. The van der Waals surface area contributed by atoms with Crippen molar-refractivity contribution in [3.63, 3.8) is 0 Å². The molecule has 136 valence electrons. The van der Waals surface area contributed by atoms with Crippen LogP contribution in [0.15, 0.2) is 5.38 Å². The molecule has 8 nitrogen and oxygen atoms in total. The van der Waals surface area contributed by atoms with E-state index in [4.69, 9.17) is 5.11 Å². The third-order valence-corrected chi connectivity index (χ3v) is 5.55. The van der Waals surface area contributed by atoms with Crippen LogP contribution in [0.3, 0.4) is 0 Å². The Labute approximate surface area is 149 Å². The van der Waals surface area contributed by atoms with Crippen LogP contribution in [-0.2, 0) is 11.3 Å². The Balaban J connectivity index is 1.43. The van der Waals surface area contributed by atoms with Crippen molar-refractivity contribution in [3.8, 4) is 0 Å². The second-order valence-corrected chi connectivity index (χ2v) is 7.33. The number of hydrogen-bond donors (Lipinski definition) is 2. The van der Waals surface area contributed by atoms with E-state index in [-0.39, 0.29) is 30.1 Å². The quantitative estimate of drug-likeness (QED) is 0.838. The molecule has 2 saturated heterocycles. The zero-order valence-corrected chi connectivity index (χ0v) is 14.8. The molecular weight excluding hydrogens is 344 g/mol. The lowest BCUT2D eigenvalue weighted by Gasteiger charge is -2.34. The molecule has 0 unspecified atom stereocenters. The molecule has 0 saturated carbocycles. The molecule has 3 rings (SSSR count). The van der Waals surface area contributed by atoms with Gasteiger partial charge in [0, 0.05) is 37.5 Å². The third kappa shape index (κ3) is 4.28. The lowest BCUT2D eigenvalue weighted by atomic mass is 9.96. The summed E-state index contributed by atoms with van der Waals surface area (Å²) < 4.78 is 0. The number of carboxylic acid groups (broad SMARTS) is 1. The predicted octanol–water partition coefficient (Wildman–Crippen LogP) is 1.39. The number of piperidine rings is 1. The highest BCUT2D eigenvalue weighted by atomic mass is 32.1. The van der Waals surface area contributed by atoms with Gasteiger partial charge in [-0.2, -0.15) is 0 Å². The molecule has 0 aliphatic carbocycles. The summed E-state index contributed by atoms with van der Waals surface area (Å²) in [7, 11) is 0. The zero-order valence-electron chi connectivity index (χ0n) is 13.9. The van der Waals surface area contributed by atoms with Crippen LogP contribution in [0.4, 0.5) is 4.79 Å². The predicted molar refractivity (Wildman–Crippen MR) is 91.4 cm³/mol. The largest absolute Gasteiger partial charge is 0.476 e. The first kappa shape index (κ1) is 17.7. The molecule has 0 bridgehead atoms. The molecule has 2 aliphatic heterocycles. The number of aromatic nitrogens is 1. The van der Waals surface area contributed by atoms with Gasteiger partial charge in [0.2, 0.25) is 5.91 Å². The average molecular weight is 366 g/mol. The molecule has 0 spiro atoms. The van der Waals surface area contributed by atoms with Crippen LogP contribution in [-0.4, -0.2) is 64.0 Å². The van der Waals surface area contributed by atoms with Gasteiger partial charge in [0.25, 0.3) is 0 Å². The lowest BCUT2D eigenvalue weighted by molar-refractivity contribution is -0.126. The van der Waals surface area contributed by atoms with Crippen molar-refractivity contribution in [2.75, 3.05) is 26.2 Å². The third-order valence-electron chi connectivity index (χ3n) is 4.70. The normalized spacial score (nSPS) is 18.4. The Morgan fingerprint density at radius 1 is 1.16 bits per heavy atom. The van der Waals surface area contributed by atoms with Crippen LogP contribution in [0.2, 0.25) is 0 Å². The molecule has 0 radical (unpaired) electrons. The van der Waals surface area contributed by atoms with Crippen molar-refractivity contribution >= 4 is 29.2 Å². The van der Waals surface area contributed by atoms with Gasteiger partial charge in [0.05, 0.1) is 6.54 Å². The highest BCUT2D eigenvalue weighted by Crippen LogP contribution is 2.20. The molecule has 2 aliphatic rings. The summed E-state index contributed by atoms with van der Waals surface area (Å²) in [5, 5.41) is 13.7. The van der Waals surface area contributed by atoms with Crippen molar-refractivity contribution in [2.24, 2.45) is 5.92 Å². The van der Waals surface area contributed by atoms with E-state index >= 15 is 0 Å². The van der Waals surface area contributed by atoms with Crippen LogP contribution in [0.5, 0.6) is 0 Å². The summed E-state index contributed by atoms with van der Waals surface area (Å²) in [5.41, 5.74) is 0.00276. The van der Waals surface area contributed by atoms with E-state index < -0.39 is 5.97 Å². The number of rotatable bonds is 4. The minimum absolute atomic E-state index is 0.00276. The van der Waals surface area contributed by atoms with Gasteiger partial charge in [-0.15, -0.1) is 11.3 Å². The molecule has 2 N–H and O–H groups in total. The van der Waals surface area contributed by atoms with Gasteiger partial charge in [-0.3, -0.25) is 4.79 Å². The van der Waals surface area contributed by atoms with Crippen LogP contribution < -0.4 is 5.32 Å². The fourth-order valence-electron chi connectivity index (χ4n) is 3.24. The van der Waals surface area contributed by atoms with E-state index in [1.807, 2.05) is 9.80 Å². The van der Waals surface area contributed by atoms with Crippen molar-refractivity contribution in [2.45, 2.75) is 32.2 Å². The number of thiazole rings is 1. The highest BCUT2D eigenvalue weighted by Gasteiger charge is 2.30. The van der Waals surface area contributed by atoms with Gasteiger partial charge in [-0.1, -0.05) is 0 Å². The number of carboxylic acids is 1. The van der Waals surface area contributed by atoms with Gasteiger partial charge in [-0.25, -0.2) is 14.6 Å². The minimum Gasteiger partial charge on any atom is -0.476 e. The van der Waals surface area contributed by atoms with Gasteiger partial charge < -0.3 is 20.2 Å². The molecule has 1 aromatic rings. The SMILES string of the molecule is O=C(O)c1csc(CNC(=O)C2CCN(C(=O)N3CCCC3)CC2)n1. The minimum atomic E-state index is -1.07. The lowest BCUT2D eigenvalue weighted by Crippen LogP contribution is -2.47. The second-order valence-electron chi connectivity index (χ2n) is 6.39. The molecule has 25 heavy (non-hydrogen) atoms. The first-order valence-corrected chi connectivity index (χ1v) is 9.42. The first-order chi connectivity index (χ1) is 12.0. The maximum absolute atomic E-state index is 12.3. The van der Waals surface area contributed by atoms with Crippen molar-refractivity contribution in [1.82, 2.24) is 20.1 Å².